The monoisotopic (exact) mass is 379 g/mol. The molecule has 26 heavy (non-hydrogen) atoms. The van der Waals surface area contributed by atoms with Crippen molar-refractivity contribution in [2.75, 3.05) is 12.9 Å². The zero-order chi connectivity index (χ0) is 19.1. The zero-order valence-corrected chi connectivity index (χ0v) is 15.6. The molecule has 2 N–H and O–H groups in total. The van der Waals surface area contributed by atoms with Crippen LogP contribution in [0.25, 0.3) is 5.69 Å². The molecule has 1 heterocycles. The van der Waals surface area contributed by atoms with E-state index in [9.17, 15) is 14.7 Å². The molecular formula is C16H21N5O4S. The van der Waals surface area contributed by atoms with Crippen molar-refractivity contribution in [2.45, 2.75) is 31.5 Å². The number of hydrogen-bond acceptors (Lipinski definition) is 8. The minimum absolute atomic E-state index is 0.0429. The third-order valence-electron chi connectivity index (χ3n) is 3.85. The van der Waals surface area contributed by atoms with Crippen LogP contribution in [0.1, 0.15) is 20.3 Å². The molecule has 1 aromatic carbocycles. The number of phenols is 1. The highest BCUT2D eigenvalue weighted by molar-refractivity contribution is 7.99. The summed E-state index contributed by atoms with van der Waals surface area (Å²) < 4.78 is 6.22. The van der Waals surface area contributed by atoms with Gasteiger partial charge in [-0.25, -0.2) is 4.79 Å². The Balaban J connectivity index is 2.00. The van der Waals surface area contributed by atoms with Gasteiger partial charge in [0.05, 0.1) is 18.6 Å². The average molecular weight is 379 g/mol. The summed E-state index contributed by atoms with van der Waals surface area (Å²) in [5, 5.41) is 23.9. The topological polar surface area (TPSA) is 119 Å². The Morgan fingerprint density at radius 1 is 1.35 bits per heavy atom. The Morgan fingerprint density at radius 2 is 2.04 bits per heavy atom. The van der Waals surface area contributed by atoms with Gasteiger partial charge in [-0.3, -0.25) is 4.79 Å². The summed E-state index contributed by atoms with van der Waals surface area (Å²) in [5.41, 5.74) is 0.655. The molecule has 0 fully saturated rings. The molecule has 1 aromatic heterocycles. The van der Waals surface area contributed by atoms with E-state index in [-0.39, 0.29) is 23.3 Å². The van der Waals surface area contributed by atoms with E-state index in [1.54, 1.807) is 12.1 Å². The second-order valence-corrected chi connectivity index (χ2v) is 6.57. The number of nitrogens with zero attached hydrogens (tertiary/aromatic N) is 4. The fourth-order valence-electron chi connectivity index (χ4n) is 2.17. The predicted molar refractivity (Wildman–Crippen MR) is 94.9 cm³/mol. The van der Waals surface area contributed by atoms with E-state index in [0.717, 1.165) is 18.2 Å². The lowest BCUT2D eigenvalue weighted by atomic mass is 9.99. The summed E-state index contributed by atoms with van der Waals surface area (Å²) in [6.07, 6.45) is 0.728. The zero-order valence-electron chi connectivity index (χ0n) is 14.7. The first kappa shape index (κ1) is 19.7. The Kier molecular flexibility index (Phi) is 6.96. The third kappa shape index (κ3) is 4.94. The fraction of sp³-hybridized carbons (Fsp3) is 0.438. The van der Waals surface area contributed by atoms with E-state index < -0.39 is 12.0 Å². The van der Waals surface area contributed by atoms with Gasteiger partial charge in [0.25, 0.3) is 0 Å². The van der Waals surface area contributed by atoms with E-state index >= 15 is 0 Å². The summed E-state index contributed by atoms with van der Waals surface area (Å²) in [7, 11) is 1.30. The Labute approximate surface area is 155 Å². The maximum atomic E-state index is 12.2. The number of aromatic nitrogens is 4. The molecule has 0 saturated carbocycles. The number of methoxy groups -OCH3 is 1. The normalized spacial score (nSPS) is 13.0. The predicted octanol–water partition coefficient (Wildman–Crippen LogP) is 1.16. The minimum atomic E-state index is -0.689. The van der Waals surface area contributed by atoms with Crippen molar-refractivity contribution in [2.24, 2.45) is 5.92 Å². The molecule has 2 atom stereocenters. The van der Waals surface area contributed by atoms with E-state index in [0.29, 0.717) is 10.8 Å². The first-order valence-corrected chi connectivity index (χ1v) is 9.02. The lowest BCUT2D eigenvalue weighted by Crippen LogP contribution is -2.46. The van der Waals surface area contributed by atoms with Crippen molar-refractivity contribution < 1.29 is 19.4 Å². The number of benzene rings is 1. The SMILES string of the molecule is CCC(C)C(NC(=O)CSc1nnnn1-c1ccc(O)cc1)C(=O)OC. The standard InChI is InChI=1S/C16H21N5O4S/c1-4-10(2)14(15(24)25-3)17-13(23)9-26-16-18-19-20-21(16)11-5-7-12(22)8-6-11/h5-8,10,14,22H,4,9H2,1-3H3,(H,17,23). The molecule has 140 valence electrons. The highest BCUT2D eigenvalue weighted by Crippen LogP contribution is 2.20. The van der Waals surface area contributed by atoms with E-state index in [2.05, 4.69) is 20.8 Å². The molecule has 0 aliphatic heterocycles. The highest BCUT2D eigenvalue weighted by Gasteiger charge is 2.26. The quantitative estimate of drug-likeness (QED) is 0.518. The number of carbonyl (C=O) groups excluding carboxylic acids is 2. The minimum Gasteiger partial charge on any atom is -0.508 e. The molecule has 0 saturated heterocycles. The lowest BCUT2D eigenvalue weighted by Gasteiger charge is -2.21. The first-order valence-electron chi connectivity index (χ1n) is 8.04. The Bertz CT molecular complexity index is 749. The van der Waals surface area contributed by atoms with Gasteiger partial charge >= 0.3 is 5.97 Å². The summed E-state index contributed by atoms with van der Waals surface area (Å²) in [6.45, 7) is 3.81. The van der Waals surface area contributed by atoms with Crippen LogP contribution < -0.4 is 5.32 Å². The van der Waals surface area contributed by atoms with Gasteiger partial charge in [-0.2, -0.15) is 4.68 Å². The van der Waals surface area contributed by atoms with Crippen molar-refractivity contribution in [1.82, 2.24) is 25.5 Å². The molecule has 1 amide bonds. The van der Waals surface area contributed by atoms with Crippen LogP contribution >= 0.6 is 11.8 Å². The van der Waals surface area contributed by atoms with Crippen LogP contribution in [0.15, 0.2) is 29.4 Å². The van der Waals surface area contributed by atoms with E-state index in [4.69, 9.17) is 4.74 Å². The third-order valence-corrected chi connectivity index (χ3v) is 4.77. The number of thioether (sulfide) groups is 1. The van der Waals surface area contributed by atoms with Crippen LogP contribution in [-0.4, -0.2) is 56.1 Å². The maximum absolute atomic E-state index is 12.2. The van der Waals surface area contributed by atoms with Gasteiger partial charge in [0.1, 0.15) is 11.8 Å². The lowest BCUT2D eigenvalue weighted by molar-refractivity contribution is -0.146. The number of tetrazole rings is 1. The molecule has 2 aromatic rings. The molecule has 2 rings (SSSR count). The van der Waals surface area contributed by atoms with Crippen molar-refractivity contribution in [3.8, 4) is 11.4 Å². The van der Waals surface area contributed by atoms with Crippen molar-refractivity contribution >= 4 is 23.6 Å². The number of carbonyl (C=O) groups is 2. The molecule has 0 aliphatic rings. The number of ether oxygens (including phenoxy) is 1. The van der Waals surface area contributed by atoms with Crippen LogP contribution in [-0.2, 0) is 14.3 Å². The molecule has 9 nitrogen and oxygen atoms in total. The highest BCUT2D eigenvalue weighted by atomic mass is 32.2. The van der Waals surface area contributed by atoms with Gasteiger partial charge in [-0.05, 0) is 40.6 Å². The number of aromatic hydroxyl groups is 1. The number of esters is 1. The van der Waals surface area contributed by atoms with E-state index in [1.165, 1.54) is 23.9 Å². The van der Waals surface area contributed by atoms with Crippen molar-refractivity contribution in [3.05, 3.63) is 24.3 Å². The van der Waals surface area contributed by atoms with Gasteiger partial charge in [-0.15, -0.1) is 5.10 Å². The second kappa shape index (κ2) is 9.18. The van der Waals surface area contributed by atoms with Gasteiger partial charge in [-0.1, -0.05) is 32.0 Å². The largest absolute Gasteiger partial charge is 0.508 e. The average Bonchev–Trinajstić information content (AvgIpc) is 3.12. The van der Waals surface area contributed by atoms with Crippen LogP contribution in [0.3, 0.4) is 0 Å². The Morgan fingerprint density at radius 3 is 2.65 bits per heavy atom. The van der Waals surface area contributed by atoms with Crippen LogP contribution in [0.5, 0.6) is 5.75 Å². The maximum Gasteiger partial charge on any atom is 0.328 e. The van der Waals surface area contributed by atoms with Crippen LogP contribution in [0.2, 0.25) is 0 Å². The number of phenolic OH excluding ortho intramolecular Hbond substituents is 1. The van der Waals surface area contributed by atoms with Gasteiger partial charge in [0.15, 0.2) is 0 Å². The first-order chi connectivity index (χ1) is 12.5. The second-order valence-electron chi connectivity index (χ2n) is 5.63. The summed E-state index contributed by atoms with van der Waals surface area (Å²) in [4.78, 5) is 24.1. The summed E-state index contributed by atoms with van der Waals surface area (Å²) in [6, 6.07) is 5.67. The number of hydrogen-bond donors (Lipinski definition) is 2. The van der Waals surface area contributed by atoms with Crippen molar-refractivity contribution in [1.29, 1.82) is 0 Å². The number of nitrogens with one attached hydrogen (secondary N) is 1. The smallest absolute Gasteiger partial charge is 0.328 e. The number of amides is 1. The van der Waals surface area contributed by atoms with Gasteiger partial charge in [0, 0.05) is 0 Å². The van der Waals surface area contributed by atoms with Gasteiger partial charge in [0.2, 0.25) is 11.1 Å². The molecule has 0 spiro atoms. The number of rotatable bonds is 8. The molecule has 0 bridgehead atoms. The summed E-state index contributed by atoms with van der Waals surface area (Å²) >= 11 is 1.14. The molecule has 0 aliphatic carbocycles. The molecule has 10 heteroatoms. The van der Waals surface area contributed by atoms with Crippen LogP contribution in [0, 0.1) is 5.92 Å². The molecule has 2 unspecified atom stereocenters. The summed E-state index contributed by atoms with van der Waals surface area (Å²) in [5.74, 6) is -0.645. The van der Waals surface area contributed by atoms with Gasteiger partial charge < -0.3 is 15.2 Å². The van der Waals surface area contributed by atoms with E-state index in [1.807, 2.05) is 13.8 Å². The fourth-order valence-corrected chi connectivity index (χ4v) is 2.87. The van der Waals surface area contributed by atoms with Crippen molar-refractivity contribution in [3.63, 3.8) is 0 Å². The Hall–Kier alpha value is -2.62. The van der Waals surface area contributed by atoms with Crippen LogP contribution in [0.4, 0.5) is 0 Å². The molecule has 0 radical (unpaired) electrons. The molecular weight excluding hydrogens is 358 g/mol.